The molecule has 1 N–H and O–H groups in total. The molecule has 184 valence electrons. The van der Waals surface area contributed by atoms with Gasteiger partial charge in [-0.15, -0.1) is 0 Å². The zero-order valence-electron chi connectivity index (χ0n) is 20.4. The topological polar surface area (TPSA) is 106 Å². The average molecular weight is 478 g/mol. The summed E-state index contributed by atoms with van der Waals surface area (Å²) in [5.41, 5.74) is 3.17. The summed E-state index contributed by atoms with van der Waals surface area (Å²) in [6.07, 6.45) is 6.40. The average Bonchev–Trinajstić information content (AvgIpc) is 3.20. The van der Waals surface area contributed by atoms with Gasteiger partial charge in [-0.3, -0.25) is 14.6 Å². The lowest BCUT2D eigenvalue weighted by Gasteiger charge is -2.34. The number of aromatic nitrogens is 3. The molecule has 1 fully saturated rings. The van der Waals surface area contributed by atoms with Crippen molar-refractivity contribution < 1.29 is 19.1 Å². The van der Waals surface area contributed by atoms with Gasteiger partial charge in [0.2, 0.25) is 5.91 Å². The SMILES string of the molecule is CCOC(=O)[C@H]1CCCCN1C(=O)c1cc(NC(C)=O)cc2nc(CC)n(Cc3cccnc3)c12. The number of carbonyl (C=O) groups is 3. The van der Waals surface area contributed by atoms with E-state index in [0.717, 1.165) is 24.2 Å². The van der Waals surface area contributed by atoms with Gasteiger partial charge in [0.25, 0.3) is 5.91 Å². The molecule has 9 heteroatoms. The molecular formula is C26H31N5O4. The fourth-order valence-corrected chi connectivity index (χ4v) is 4.68. The molecule has 1 aliphatic heterocycles. The third kappa shape index (κ3) is 5.18. The number of nitrogens with one attached hydrogen (secondary N) is 1. The molecule has 1 atom stereocenters. The van der Waals surface area contributed by atoms with E-state index in [9.17, 15) is 14.4 Å². The van der Waals surface area contributed by atoms with Crippen molar-refractivity contribution in [1.82, 2.24) is 19.4 Å². The highest BCUT2D eigenvalue weighted by molar-refractivity contribution is 6.08. The second-order valence-corrected chi connectivity index (χ2v) is 8.66. The lowest BCUT2D eigenvalue weighted by molar-refractivity contribution is -0.149. The van der Waals surface area contributed by atoms with Gasteiger partial charge in [-0.2, -0.15) is 0 Å². The first-order valence-corrected chi connectivity index (χ1v) is 12.1. The van der Waals surface area contributed by atoms with Crippen LogP contribution >= 0.6 is 0 Å². The number of aryl methyl sites for hydroxylation is 1. The highest BCUT2D eigenvalue weighted by Crippen LogP contribution is 2.30. The summed E-state index contributed by atoms with van der Waals surface area (Å²) in [5, 5.41) is 2.79. The first-order valence-electron chi connectivity index (χ1n) is 12.1. The lowest BCUT2D eigenvalue weighted by atomic mass is 10.00. The van der Waals surface area contributed by atoms with Crippen molar-refractivity contribution in [1.29, 1.82) is 0 Å². The molecule has 0 unspecified atom stereocenters. The number of carbonyl (C=O) groups excluding carboxylic acids is 3. The number of rotatable bonds is 7. The number of likely N-dealkylation sites (tertiary alicyclic amines) is 1. The molecule has 0 saturated carbocycles. The second-order valence-electron chi connectivity index (χ2n) is 8.66. The smallest absolute Gasteiger partial charge is 0.328 e. The van der Waals surface area contributed by atoms with E-state index in [1.807, 2.05) is 23.6 Å². The van der Waals surface area contributed by atoms with Gasteiger partial charge in [-0.05, 0) is 49.9 Å². The number of hydrogen-bond donors (Lipinski definition) is 1. The van der Waals surface area contributed by atoms with Crippen LogP contribution in [0.1, 0.15) is 61.8 Å². The molecule has 1 saturated heterocycles. The first-order chi connectivity index (χ1) is 16.9. The monoisotopic (exact) mass is 477 g/mol. The standard InChI is InChI=1S/C26H31N5O4/c1-4-23-29-21-14-19(28-17(3)32)13-20(24(21)31(23)16-18-9-8-11-27-15-18)25(33)30-12-7-6-10-22(30)26(34)35-5-2/h8-9,11,13-15,22H,4-7,10,12,16H2,1-3H3,(H,28,32)/t22-/m1/s1. The zero-order chi connectivity index (χ0) is 24.9. The van der Waals surface area contributed by atoms with Crippen LogP contribution in [-0.4, -0.2) is 56.4 Å². The number of anilines is 1. The molecule has 0 bridgehead atoms. The van der Waals surface area contributed by atoms with E-state index in [4.69, 9.17) is 9.72 Å². The van der Waals surface area contributed by atoms with Gasteiger partial charge in [-0.1, -0.05) is 13.0 Å². The predicted octanol–water partition coefficient (Wildman–Crippen LogP) is 3.56. The van der Waals surface area contributed by atoms with E-state index in [2.05, 4.69) is 10.3 Å². The van der Waals surface area contributed by atoms with Gasteiger partial charge < -0.3 is 19.5 Å². The van der Waals surface area contributed by atoms with Crippen molar-refractivity contribution in [2.24, 2.45) is 0 Å². The summed E-state index contributed by atoms with van der Waals surface area (Å²) in [4.78, 5) is 49.1. The summed E-state index contributed by atoms with van der Waals surface area (Å²) in [5.74, 6) is -0.0723. The van der Waals surface area contributed by atoms with Crippen LogP contribution in [0.2, 0.25) is 0 Å². The Morgan fingerprint density at radius 1 is 1.20 bits per heavy atom. The summed E-state index contributed by atoms with van der Waals surface area (Å²) >= 11 is 0. The maximum Gasteiger partial charge on any atom is 0.328 e. The van der Waals surface area contributed by atoms with Gasteiger partial charge in [0.1, 0.15) is 11.9 Å². The van der Waals surface area contributed by atoms with Gasteiger partial charge in [0.15, 0.2) is 0 Å². The van der Waals surface area contributed by atoms with Crippen LogP contribution in [0.25, 0.3) is 11.0 Å². The van der Waals surface area contributed by atoms with Crippen molar-refractivity contribution in [3.8, 4) is 0 Å². The molecule has 0 spiro atoms. The Morgan fingerprint density at radius 3 is 2.71 bits per heavy atom. The Balaban J connectivity index is 1.86. The Hall–Kier alpha value is -3.75. The lowest BCUT2D eigenvalue weighted by Crippen LogP contribution is -2.48. The van der Waals surface area contributed by atoms with Crippen molar-refractivity contribution in [3.05, 3.63) is 53.6 Å². The number of piperidine rings is 1. The molecule has 0 radical (unpaired) electrons. The quantitative estimate of drug-likeness (QED) is 0.522. The molecule has 4 rings (SSSR count). The predicted molar refractivity (Wildman–Crippen MR) is 132 cm³/mol. The van der Waals surface area contributed by atoms with E-state index >= 15 is 0 Å². The van der Waals surface area contributed by atoms with E-state index in [1.165, 1.54) is 6.92 Å². The fraction of sp³-hybridized carbons (Fsp3) is 0.423. The van der Waals surface area contributed by atoms with Crippen LogP contribution < -0.4 is 5.32 Å². The minimum Gasteiger partial charge on any atom is -0.464 e. The molecule has 2 aromatic heterocycles. The van der Waals surface area contributed by atoms with E-state index in [0.29, 0.717) is 48.2 Å². The number of imidazole rings is 1. The van der Waals surface area contributed by atoms with Crippen LogP contribution in [0.5, 0.6) is 0 Å². The van der Waals surface area contributed by atoms with E-state index in [-0.39, 0.29) is 24.4 Å². The molecule has 1 aliphatic rings. The molecule has 9 nitrogen and oxygen atoms in total. The van der Waals surface area contributed by atoms with Crippen molar-refractivity contribution in [2.45, 2.75) is 59.0 Å². The fourth-order valence-electron chi connectivity index (χ4n) is 4.68. The van der Waals surface area contributed by atoms with Gasteiger partial charge >= 0.3 is 5.97 Å². The number of pyridine rings is 1. The number of amides is 2. The van der Waals surface area contributed by atoms with Crippen LogP contribution in [0.4, 0.5) is 5.69 Å². The van der Waals surface area contributed by atoms with Gasteiger partial charge in [0.05, 0.1) is 29.7 Å². The molecule has 2 amide bonds. The highest BCUT2D eigenvalue weighted by atomic mass is 16.5. The Bertz CT molecular complexity index is 1240. The molecular weight excluding hydrogens is 446 g/mol. The largest absolute Gasteiger partial charge is 0.464 e. The second kappa shape index (κ2) is 10.7. The Labute approximate surface area is 204 Å². The minimum absolute atomic E-state index is 0.240. The number of nitrogens with zero attached hydrogens (tertiary/aromatic N) is 4. The zero-order valence-corrected chi connectivity index (χ0v) is 20.4. The van der Waals surface area contributed by atoms with Crippen molar-refractivity contribution in [2.75, 3.05) is 18.5 Å². The molecule has 3 heterocycles. The molecule has 1 aromatic carbocycles. The summed E-state index contributed by atoms with van der Waals surface area (Å²) < 4.78 is 7.30. The van der Waals surface area contributed by atoms with Crippen molar-refractivity contribution >= 4 is 34.5 Å². The van der Waals surface area contributed by atoms with E-state index < -0.39 is 6.04 Å². The molecule has 0 aliphatic carbocycles. The maximum atomic E-state index is 14.0. The summed E-state index contributed by atoms with van der Waals surface area (Å²) in [6.45, 7) is 6.41. The first kappa shape index (κ1) is 24.4. The molecule has 3 aromatic rings. The molecule has 35 heavy (non-hydrogen) atoms. The van der Waals surface area contributed by atoms with Gasteiger partial charge in [0, 0.05) is 38.0 Å². The maximum absolute atomic E-state index is 14.0. The van der Waals surface area contributed by atoms with E-state index in [1.54, 1.807) is 36.4 Å². The third-order valence-corrected chi connectivity index (χ3v) is 6.17. The number of benzene rings is 1. The Kier molecular flexibility index (Phi) is 7.43. The van der Waals surface area contributed by atoms with Crippen LogP contribution in [0.3, 0.4) is 0 Å². The normalized spacial score (nSPS) is 15.7. The number of fused-ring (bicyclic) bond motifs is 1. The number of esters is 1. The van der Waals surface area contributed by atoms with Crippen LogP contribution in [-0.2, 0) is 27.3 Å². The highest BCUT2D eigenvalue weighted by Gasteiger charge is 2.35. The van der Waals surface area contributed by atoms with Crippen molar-refractivity contribution in [3.63, 3.8) is 0 Å². The van der Waals surface area contributed by atoms with Gasteiger partial charge in [-0.25, -0.2) is 9.78 Å². The summed E-state index contributed by atoms with van der Waals surface area (Å²) in [6, 6.07) is 6.69. The Morgan fingerprint density at radius 2 is 2.03 bits per heavy atom. The third-order valence-electron chi connectivity index (χ3n) is 6.17. The van der Waals surface area contributed by atoms with Crippen LogP contribution in [0.15, 0.2) is 36.7 Å². The van der Waals surface area contributed by atoms with Crippen LogP contribution in [0, 0.1) is 0 Å². The number of ether oxygens (including phenoxy) is 1. The number of hydrogen-bond acceptors (Lipinski definition) is 6. The minimum atomic E-state index is -0.629. The summed E-state index contributed by atoms with van der Waals surface area (Å²) in [7, 11) is 0.